The molecule has 6 heteroatoms. The standard InChI is InChI=1S/C15H25N3O2S/c1-17(10-5-13-18-11-3-2-4-12-18)21(19,20)15-8-6-14(16)7-9-15/h6-9H,2-5,10-13,16H2,1H3. The zero-order valence-electron chi connectivity index (χ0n) is 12.7. The number of nitrogens with zero attached hydrogens (tertiary/aromatic N) is 2. The average molecular weight is 311 g/mol. The van der Waals surface area contributed by atoms with Gasteiger partial charge in [0.2, 0.25) is 10.0 Å². The molecule has 5 nitrogen and oxygen atoms in total. The Morgan fingerprint density at radius 1 is 1.14 bits per heavy atom. The second kappa shape index (κ2) is 7.24. The van der Waals surface area contributed by atoms with Crippen LogP contribution in [0.25, 0.3) is 0 Å². The highest BCUT2D eigenvalue weighted by Gasteiger charge is 2.20. The molecular weight excluding hydrogens is 286 g/mol. The number of nitrogen functional groups attached to an aromatic ring is 1. The Morgan fingerprint density at radius 3 is 2.38 bits per heavy atom. The van der Waals surface area contributed by atoms with E-state index in [1.807, 2.05) is 0 Å². The minimum absolute atomic E-state index is 0.303. The molecule has 0 amide bonds. The van der Waals surface area contributed by atoms with E-state index >= 15 is 0 Å². The van der Waals surface area contributed by atoms with Crippen molar-refractivity contribution < 1.29 is 8.42 Å². The van der Waals surface area contributed by atoms with E-state index in [1.54, 1.807) is 31.3 Å². The Bertz CT molecular complexity index is 537. The predicted octanol–water partition coefficient (Wildman–Crippen LogP) is 1.77. The van der Waals surface area contributed by atoms with Gasteiger partial charge >= 0.3 is 0 Å². The van der Waals surface area contributed by atoms with Crippen molar-refractivity contribution in [3.05, 3.63) is 24.3 Å². The fraction of sp³-hybridized carbons (Fsp3) is 0.600. The van der Waals surface area contributed by atoms with Crippen LogP contribution in [0.2, 0.25) is 0 Å². The van der Waals surface area contributed by atoms with E-state index in [1.165, 1.54) is 23.6 Å². The summed E-state index contributed by atoms with van der Waals surface area (Å²) in [6.07, 6.45) is 4.71. The van der Waals surface area contributed by atoms with Gasteiger partial charge in [0, 0.05) is 19.3 Å². The van der Waals surface area contributed by atoms with Crippen molar-refractivity contribution >= 4 is 15.7 Å². The maximum atomic E-state index is 12.4. The summed E-state index contributed by atoms with van der Waals surface area (Å²) in [5.74, 6) is 0. The average Bonchev–Trinajstić information content (AvgIpc) is 2.48. The number of hydrogen-bond donors (Lipinski definition) is 1. The largest absolute Gasteiger partial charge is 0.399 e. The number of hydrogen-bond acceptors (Lipinski definition) is 4. The molecule has 21 heavy (non-hydrogen) atoms. The molecule has 0 saturated carbocycles. The summed E-state index contributed by atoms with van der Waals surface area (Å²) in [5, 5.41) is 0. The first-order valence-corrected chi connectivity index (χ1v) is 8.98. The van der Waals surface area contributed by atoms with Crippen LogP contribution in [0.4, 0.5) is 5.69 Å². The van der Waals surface area contributed by atoms with Gasteiger partial charge in [-0.2, -0.15) is 0 Å². The molecule has 2 rings (SSSR count). The third-order valence-corrected chi connectivity index (χ3v) is 5.86. The first-order chi connectivity index (χ1) is 10.00. The van der Waals surface area contributed by atoms with E-state index in [4.69, 9.17) is 5.73 Å². The Labute approximate surface area is 127 Å². The van der Waals surface area contributed by atoms with E-state index in [0.717, 1.165) is 26.1 Å². The number of piperidine rings is 1. The quantitative estimate of drug-likeness (QED) is 0.813. The van der Waals surface area contributed by atoms with Gasteiger partial charge in [-0.25, -0.2) is 12.7 Å². The fourth-order valence-electron chi connectivity index (χ4n) is 2.64. The van der Waals surface area contributed by atoms with Crippen molar-refractivity contribution in [3.63, 3.8) is 0 Å². The number of likely N-dealkylation sites (tertiary alicyclic amines) is 1. The molecule has 118 valence electrons. The molecule has 0 radical (unpaired) electrons. The van der Waals surface area contributed by atoms with Gasteiger partial charge in [-0.15, -0.1) is 0 Å². The van der Waals surface area contributed by atoms with Crippen molar-refractivity contribution in [2.45, 2.75) is 30.6 Å². The van der Waals surface area contributed by atoms with Gasteiger partial charge in [0.15, 0.2) is 0 Å². The van der Waals surface area contributed by atoms with Gasteiger partial charge in [0.25, 0.3) is 0 Å². The third kappa shape index (κ3) is 4.43. The maximum Gasteiger partial charge on any atom is 0.242 e. The number of rotatable bonds is 6. The first-order valence-electron chi connectivity index (χ1n) is 7.54. The van der Waals surface area contributed by atoms with E-state index < -0.39 is 10.0 Å². The van der Waals surface area contributed by atoms with Crippen LogP contribution < -0.4 is 5.73 Å². The maximum absolute atomic E-state index is 12.4. The lowest BCUT2D eigenvalue weighted by Gasteiger charge is -2.27. The van der Waals surface area contributed by atoms with Crippen molar-refractivity contribution in [2.24, 2.45) is 0 Å². The first kappa shape index (κ1) is 16.3. The molecule has 0 unspecified atom stereocenters. The van der Waals surface area contributed by atoms with Crippen LogP contribution in [0.1, 0.15) is 25.7 Å². The summed E-state index contributed by atoms with van der Waals surface area (Å²) < 4.78 is 26.2. The zero-order chi connectivity index (χ0) is 15.3. The third-order valence-electron chi connectivity index (χ3n) is 3.98. The van der Waals surface area contributed by atoms with Crippen LogP contribution in [-0.2, 0) is 10.0 Å². The second-order valence-corrected chi connectivity index (χ2v) is 7.70. The molecule has 1 saturated heterocycles. The van der Waals surface area contributed by atoms with Crippen LogP contribution in [0, 0.1) is 0 Å². The SMILES string of the molecule is CN(CCCN1CCCCC1)S(=O)(=O)c1ccc(N)cc1. The van der Waals surface area contributed by atoms with Crippen molar-refractivity contribution in [3.8, 4) is 0 Å². The van der Waals surface area contributed by atoms with E-state index in [0.29, 0.717) is 17.1 Å². The van der Waals surface area contributed by atoms with Crippen LogP contribution in [0.5, 0.6) is 0 Å². The smallest absolute Gasteiger partial charge is 0.242 e. The summed E-state index contributed by atoms with van der Waals surface area (Å²) >= 11 is 0. The number of sulfonamides is 1. The minimum Gasteiger partial charge on any atom is -0.399 e. The molecule has 2 N–H and O–H groups in total. The predicted molar refractivity (Wildman–Crippen MR) is 85.6 cm³/mol. The zero-order valence-corrected chi connectivity index (χ0v) is 13.5. The molecule has 1 aromatic rings. The molecule has 1 heterocycles. The van der Waals surface area contributed by atoms with E-state index in [9.17, 15) is 8.42 Å². The summed E-state index contributed by atoms with van der Waals surface area (Å²) in [5.41, 5.74) is 6.17. The number of anilines is 1. The molecule has 1 fully saturated rings. The van der Waals surface area contributed by atoms with Crippen LogP contribution in [-0.4, -0.2) is 50.8 Å². The molecule has 0 bridgehead atoms. The lowest BCUT2D eigenvalue weighted by Crippen LogP contribution is -2.34. The van der Waals surface area contributed by atoms with Crippen molar-refractivity contribution in [1.82, 2.24) is 9.21 Å². The van der Waals surface area contributed by atoms with Gasteiger partial charge in [-0.1, -0.05) is 6.42 Å². The highest BCUT2D eigenvalue weighted by atomic mass is 32.2. The molecule has 0 aliphatic carbocycles. The number of nitrogens with two attached hydrogens (primary N) is 1. The molecule has 0 atom stereocenters. The van der Waals surface area contributed by atoms with Gasteiger partial charge in [0.05, 0.1) is 4.90 Å². The van der Waals surface area contributed by atoms with Crippen LogP contribution in [0.15, 0.2) is 29.2 Å². The summed E-state index contributed by atoms with van der Waals surface area (Å²) in [7, 11) is -1.76. The Balaban J connectivity index is 1.86. The molecular formula is C15H25N3O2S. The van der Waals surface area contributed by atoms with Gasteiger partial charge in [-0.05, 0) is 63.2 Å². The lowest BCUT2D eigenvalue weighted by atomic mass is 10.1. The molecule has 0 aromatic heterocycles. The second-order valence-electron chi connectivity index (χ2n) is 5.65. The Kier molecular flexibility index (Phi) is 5.61. The minimum atomic E-state index is -3.40. The molecule has 0 spiro atoms. The lowest BCUT2D eigenvalue weighted by molar-refractivity contribution is 0.222. The molecule has 1 aliphatic heterocycles. The van der Waals surface area contributed by atoms with E-state index in [-0.39, 0.29) is 0 Å². The van der Waals surface area contributed by atoms with Crippen molar-refractivity contribution in [2.75, 3.05) is 39.0 Å². The van der Waals surface area contributed by atoms with Crippen LogP contribution in [0.3, 0.4) is 0 Å². The fourth-order valence-corrected chi connectivity index (χ4v) is 3.85. The summed E-state index contributed by atoms with van der Waals surface area (Å²) in [6, 6.07) is 6.36. The van der Waals surface area contributed by atoms with Gasteiger partial charge < -0.3 is 10.6 Å². The monoisotopic (exact) mass is 311 g/mol. The van der Waals surface area contributed by atoms with Gasteiger partial charge in [0.1, 0.15) is 0 Å². The molecule has 1 aliphatic rings. The summed E-state index contributed by atoms with van der Waals surface area (Å²) in [6.45, 7) is 3.81. The highest BCUT2D eigenvalue weighted by Crippen LogP contribution is 2.16. The summed E-state index contributed by atoms with van der Waals surface area (Å²) in [4.78, 5) is 2.73. The Morgan fingerprint density at radius 2 is 1.76 bits per heavy atom. The Hall–Kier alpha value is -1.11. The van der Waals surface area contributed by atoms with Crippen LogP contribution >= 0.6 is 0 Å². The van der Waals surface area contributed by atoms with E-state index in [2.05, 4.69) is 4.90 Å². The van der Waals surface area contributed by atoms with Crippen molar-refractivity contribution in [1.29, 1.82) is 0 Å². The highest BCUT2D eigenvalue weighted by molar-refractivity contribution is 7.89. The normalized spacial score (nSPS) is 17.2. The van der Waals surface area contributed by atoms with Gasteiger partial charge in [-0.3, -0.25) is 0 Å². The topological polar surface area (TPSA) is 66.6 Å². The molecule has 1 aromatic carbocycles. The number of benzene rings is 1.